The molecule has 0 aliphatic carbocycles. The lowest BCUT2D eigenvalue weighted by Crippen LogP contribution is -2.07. The van der Waals surface area contributed by atoms with Gasteiger partial charge in [0.2, 0.25) is 0 Å². The highest BCUT2D eigenvalue weighted by atomic mass is 79.9. The number of rotatable bonds is 6. The zero-order valence-corrected chi connectivity index (χ0v) is 11.1. The Balaban J connectivity index is 2.20. The fourth-order valence-corrected chi connectivity index (χ4v) is 1.59. The van der Waals surface area contributed by atoms with Crippen LogP contribution in [0.4, 0.5) is 0 Å². The summed E-state index contributed by atoms with van der Waals surface area (Å²) in [6.07, 6.45) is 3.26. The van der Waals surface area contributed by atoms with Gasteiger partial charge in [-0.05, 0) is 24.1 Å². The first-order valence-electron chi connectivity index (χ1n) is 5.62. The molecule has 0 atom stereocenters. The molecule has 0 heterocycles. The third-order valence-electron chi connectivity index (χ3n) is 2.30. The van der Waals surface area contributed by atoms with Crippen LogP contribution < -0.4 is 0 Å². The van der Waals surface area contributed by atoms with Gasteiger partial charge in [-0.15, -0.1) is 0 Å². The molecule has 0 bridgehead atoms. The number of hydrogen-bond acceptors (Lipinski definition) is 2. The minimum Gasteiger partial charge on any atom is -0.465 e. The highest BCUT2D eigenvalue weighted by Crippen LogP contribution is 2.11. The molecule has 1 aromatic rings. The van der Waals surface area contributed by atoms with Crippen molar-refractivity contribution in [3.05, 3.63) is 34.3 Å². The zero-order valence-electron chi connectivity index (χ0n) is 9.54. The molecule has 0 N–H and O–H groups in total. The molecule has 3 heteroatoms. The molecule has 0 saturated carbocycles. The van der Waals surface area contributed by atoms with Crippen molar-refractivity contribution in [1.82, 2.24) is 0 Å². The van der Waals surface area contributed by atoms with E-state index in [2.05, 4.69) is 22.9 Å². The van der Waals surface area contributed by atoms with Gasteiger partial charge in [0.25, 0.3) is 0 Å². The van der Waals surface area contributed by atoms with E-state index in [4.69, 9.17) is 4.74 Å². The molecule has 0 fully saturated rings. The first kappa shape index (κ1) is 13.2. The highest BCUT2D eigenvalue weighted by molar-refractivity contribution is 9.10. The van der Waals surface area contributed by atoms with E-state index in [1.807, 2.05) is 24.3 Å². The Morgan fingerprint density at radius 3 is 2.62 bits per heavy atom. The highest BCUT2D eigenvalue weighted by Gasteiger charge is 2.01. The molecule has 2 nitrogen and oxygen atoms in total. The predicted octanol–water partition coefficient (Wildman–Crippen LogP) is 3.73. The van der Waals surface area contributed by atoms with Crippen molar-refractivity contribution in [1.29, 1.82) is 0 Å². The number of hydrogen-bond donors (Lipinski definition) is 0. The van der Waals surface area contributed by atoms with Crippen LogP contribution in [0.2, 0.25) is 0 Å². The third-order valence-corrected chi connectivity index (χ3v) is 2.83. The summed E-state index contributed by atoms with van der Waals surface area (Å²) in [7, 11) is 0. The summed E-state index contributed by atoms with van der Waals surface area (Å²) in [5.74, 6) is -0.0843. The summed E-state index contributed by atoms with van der Waals surface area (Å²) >= 11 is 3.38. The SMILES string of the molecule is CCCCC(=O)OCCc1ccc(Br)cc1. The van der Waals surface area contributed by atoms with Crippen LogP contribution in [0.15, 0.2) is 28.7 Å². The first-order chi connectivity index (χ1) is 7.72. The van der Waals surface area contributed by atoms with Crippen molar-refractivity contribution in [3.8, 4) is 0 Å². The molecule has 0 aliphatic rings. The summed E-state index contributed by atoms with van der Waals surface area (Å²) in [5.41, 5.74) is 1.19. The fourth-order valence-electron chi connectivity index (χ4n) is 1.33. The molecule has 1 rings (SSSR count). The van der Waals surface area contributed by atoms with Crippen LogP contribution in [0, 0.1) is 0 Å². The van der Waals surface area contributed by atoms with Gasteiger partial charge >= 0.3 is 5.97 Å². The fraction of sp³-hybridized carbons (Fsp3) is 0.462. The van der Waals surface area contributed by atoms with E-state index in [0.717, 1.165) is 23.7 Å². The van der Waals surface area contributed by atoms with Gasteiger partial charge in [-0.25, -0.2) is 0 Å². The van der Waals surface area contributed by atoms with E-state index in [-0.39, 0.29) is 5.97 Å². The van der Waals surface area contributed by atoms with Crippen LogP contribution in [0.3, 0.4) is 0 Å². The molecule has 1 aromatic carbocycles. The standard InChI is InChI=1S/C13H17BrO2/c1-2-3-4-13(15)16-10-9-11-5-7-12(14)8-6-11/h5-8H,2-4,9-10H2,1H3. The van der Waals surface area contributed by atoms with E-state index in [1.54, 1.807) is 0 Å². The first-order valence-corrected chi connectivity index (χ1v) is 6.41. The minimum atomic E-state index is -0.0843. The Hall–Kier alpha value is -0.830. The maximum absolute atomic E-state index is 11.2. The second-order valence-electron chi connectivity index (χ2n) is 3.70. The molecule has 0 saturated heterocycles. The topological polar surface area (TPSA) is 26.3 Å². The van der Waals surface area contributed by atoms with E-state index in [1.165, 1.54) is 5.56 Å². The number of halogens is 1. The van der Waals surface area contributed by atoms with Crippen molar-refractivity contribution in [3.63, 3.8) is 0 Å². The van der Waals surface area contributed by atoms with Gasteiger partial charge in [0, 0.05) is 17.3 Å². The van der Waals surface area contributed by atoms with E-state index < -0.39 is 0 Å². The van der Waals surface area contributed by atoms with Crippen molar-refractivity contribution in [2.45, 2.75) is 32.6 Å². The molecule has 0 unspecified atom stereocenters. The zero-order chi connectivity index (χ0) is 11.8. The van der Waals surface area contributed by atoms with Gasteiger partial charge in [0.05, 0.1) is 6.61 Å². The van der Waals surface area contributed by atoms with Crippen LogP contribution in [-0.2, 0) is 16.0 Å². The molecule has 0 aromatic heterocycles. The average molecular weight is 285 g/mol. The van der Waals surface area contributed by atoms with Gasteiger partial charge in [0.15, 0.2) is 0 Å². The Morgan fingerprint density at radius 1 is 1.31 bits per heavy atom. The molecule has 0 spiro atoms. The van der Waals surface area contributed by atoms with Gasteiger partial charge in [-0.1, -0.05) is 41.4 Å². The lowest BCUT2D eigenvalue weighted by Gasteiger charge is -2.04. The van der Waals surface area contributed by atoms with Crippen LogP contribution in [-0.4, -0.2) is 12.6 Å². The van der Waals surface area contributed by atoms with Crippen molar-refractivity contribution >= 4 is 21.9 Å². The summed E-state index contributed by atoms with van der Waals surface area (Å²) in [6, 6.07) is 8.05. The Morgan fingerprint density at radius 2 is 2.00 bits per heavy atom. The number of carbonyl (C=O) groups is 1. The lowest BCUT2D eigenvalue weighted by atomic mass is 10.2. The molecule has 0 radical (unpaired) electrons. The Labute approximate surface area is 105 Å². The smallest absolute Gasteiger partial charge is 0.305 e. The van der Waals surface area contributed by atoms with Crippen molar-refractivity contribution < 1.29 is 9.53 Å². The Kier molecular flexibility index (Phi) is 6.16. The maximum atomic E-state index is 11.2. The van der Waals surface area contributed by atoms with Gasteiger partial charge < -0.3 is 4.74 Å². The molecular formula is C13H17BrO2. The van der Waals surface area contributed by atoms with E-state index in [0.29, 0.717) is 13.0 Å². The van der Waals surface area contributed by atoms with Crippen LogP contribution in [0.5, 0.6) is 0 Å². The summed E-state index contributed by atoms with van der Waals surface area (Å²) in [5, 5.41) is 0. The molecule has 16 heavy (non-hydrogen) atoms. The van der Waals surface area contributed by atoms with Crippen molar-refractivity contribution in [2.75, 3.05) is 6.61 Å². The third kappa shape index (κ3) is 5.31. The number of unbranched alkanes of at least 4 members (excludes halogenated alkanes) is 1. The van der Waals surface area contributed by atoms with E-state index >= 15 is 0 Å². The maximum Gasteiger partial charge on any atom is 0.305 e. The monoisotopic (exact) mass is 284 g/mol. The quantitative estimate of drug-likeness (QED) is 0.744. The predicted molar refractivity (Wildman–Crippen MR) is 68.3 cm³/mol. The van der Waals surface area contributed by atoms with Crippen LogP contribution in [0.1, 0.15) is 31.7 Å². The van der Waals surface area contributed by atoms with Crippen LogP contribution in [0.25, 0.3) is 0 Å². The number of esters is 1. The number of benzene rings is 1. The van der Waals surface area contributed by atoms with Crippen LogP contribution >= 0.6 is 15.9 Å². The van der Waals surface area contributed by atoms with Crippen molar-refractivity contribution in [2.24, 2.45) is 0 Å². The molecule has 0 aliphatic heterocycles. The summed E-state index contributed by atoms with van der Waals surface area (Å²) in [4.78, 5) is 11.2. The average Bonchev–Trinajstić information content (AvgIpc) is 2.29. The largest absolute Gasteiger partial charge is 0.465 e. The van der Waals surface area contributed by atoms with Gasteiger partial charge in [-0.2, -0.15) is 0 Å². The Bertz CT molecular complexity index is 319. The summed E-state index contributed by atoms with van der Waals surface area (Å²) in [6.45, 7) is 2.54. The molecule has 88 valence electrons. The minimum absolute atomic E-state index is 0.0843. The van der Waals surface area contributed by atoms with Gasteiger partial charge in [0.1, 0.15) is 0 Å². The lowest BCUT2D eigenvalue weighted by molar-refractivity contribution is -0.143. The molecule has 0 amide bonds. The molecular weight excluding hydrogens is 268 g/mol. The summed E-state index contributed by atoms with van der Waals surface area (Å²) < 4.78 is 6.19. The number of ether oxygens (including phenoxy) is 1. The number of carbonyl (C=O) groups excluding carboxylic acids is 1. The normalized spacial score (nSPS) is 10.1. The second-order valence-corrected chi connectivity index (χ2v) is 4.62. The second kappa shape index (κ2) is 7.44. The van der Waals surface area contributed by atoms with Gasteiger partial charge in [-0.3, -0.25) is 4.79 Å². The van der Waals surface area contributed by atoms with E-state index in [9.17, 15) is 4.79 Å².